The number of aromatic nitrogens is 2. The normalized spacial score (nSPS) is 15.0. The third-order valence-electron chi connectivity index (χ3n) is 4.23. The smallest absolute Gasteiger partial charge is 0.252 e. The van der Waals surface area contributed by atoms with Crippen LogP contribution in [0.15, 0.2) is 35.1 Å². The molecule has 0 bridgehead atoms. The Balaban J connectivity index is 1.70. The predicted octanol–water partition coefficient (Wildman–Crippen LogP) is 2.36. The molecule has 0 unspecified atom stereocenters. The van der Waals surface area contributed by atoms with Gasteiger partial charge in [0, 0.05) is 43.6 Å². The second-order valence-electron chi connectivity index (χ2n) is 6.12. The third-order valence-corrected chi connectivity index (χ3v) is 4.23. The Bertz CT molecular complexity index is 717. The third kappa shape index (κ3) is 3.73. The number of aromatic amines is 1. The molecule has 5 heteroatoms. The van der Waals surface area contributed by atoms with Crippen LogP contribution < -0.4 is 15.4 Å². The average molecular weight is 312 g/mol. The molecular formula is C18H24N4O. The molecule has 5 nitrogen and oxygen atoms in total. The van der Waals surface area contributed by atoms with Gasteiger partial charge in [-0.05, 0) is 31.0 Å². The first kappa shape index (κ1) is 15.6. The lowest BCUT2D eigenvalue weighted by Gasteiger charge is -2.36. The number of piperazine rings is 1. The summed E-state index contributed by atoms with van der Waals surface area (Å²) in [6, 6.07) is 10.2. The highest BCUT2D eigenvalue weighted by atomic mass is 16.1. The van der Waals surface area contributed by atoms with Crippen molar-refractivity contribution in [2.24, 2.45) is 0 Å². The fraction of sp³-hybridized carbons (Fsp3) is 0.444. The van der Waals surface area contributed by atoms with Crippen LogP contribution in [-0.2, 0) is 6.42 Å². The summed E-state index contributed by atoms with van der Waals surface area (Å²) < 4.78 is 0. The Labute approximate surface area is 137 Å². The number of anilines is 2. The first-order valence-electron chi connectivity index (χ1n) is 8.32. The number of H-pyrrole nitrogens is 1. The highest BCUT2D eigenvalue weighted by molar-refractivity contribution is 5.50. The van der Waals surface area contributed by atoms with Gasteiger partial charge in [0.1, 0.15) is 0 Å². The quantitative estimate of drug-likeness (QED) is 0.941. The molecule has 1 aromatic carbocycles. The van der Waals surface area contributed by atoms with Gasteiger partial charge < -0.3 is 9.80 Å². The van der Waals surface area contributed by atoms with Crippen LogP contribution in [0.2, 0.25) is 0 Å². The number of benzene rings is 1. The van der Waals surface area contributed by atoms with Gasteiger partial charge in [0.15, 0.2) is 0 Å². The standard InChI is InChI=1S/C18H24N4O/c1-3-5-15-13-17(23)20-18(19-15)22-10-8-21(9-11-22)16-7-4-6-14(2)12-16/h4,6-7,12-13H,3,5,8-11H2,1-2H3,(H,19,20,23). The first-order valence-corrected chi connectivity index (χ1v) is 8.32. The molecule has 1 saturated heterocycles. The molecule has 3 rings (SSSR count). The Kier molecular flexibility index (Phi) is 4.65. The lowest BCUT2D eigenvalue weighted by molar-refractivity contribution is 0.636. The van der Waals surface area contributed by atoms with E-state index in [2.05, 4.69) is 57.9 Å². The second-order valence-corrected chi connectivity index (χ2v) is 6.12. The zero-order valence-corrected chi connectivity index (χ0v) is 13.9. The molecule has 0 amide bonds. The van der Waals surface area contributed by atoms with Crippen LogP contribution >= 0.6 is 0 Å². The van der Waals surface area contributed by atoms with Crippen LogP contribution in [0.3, 0.4) is 0 Å². The Morgan fingerprint density at radius 2 is 1.87 bits per heavy atom. The van der Waals surface area contributed by atoms with E-state index < -0.39 is 0 Å². The van der Waals surface area contributed by atoms with Crippen molar-refractivity contribution in [2.45, 2.75) is 26.7 Å². The van der Waals surface area contributed by atoms with E-state index in [9.17, 15) is 4.79 Å². The molecule has 0 atom stereocenters. The maximum atomic E-state index is 11.8. The number of hydrogen-bond acceptors (Lipinski definition) is 4. The van der Waals surface area contributed by atoms with Gasteiger partial charge in [-0.25, -0.2) is 4.98 Å². The molecule has 1 aromatic heterocycles. The molecule has 2 aromatic rings. The zero-order valence-electron chi connectivity index (χ0n) is 13.9. The average Bonchev–Trinajstić information content (AvgIpc) is 2.55. The fourth-order valence-corrected chi connectivity index (χ4v) is 3.03. The SMILES string of the molecule is CCCc1cc(=O)[nH]c(N2CCN(c3cccc(C)c3)CC2)n1. The highest BCUT2D eigenvalue weighted by Gasteiger charge is 2.19. The zero-order chi connectivity index (χ0) is 16.2. The van der Waals surface area contributed by atoms with Crippen molar-refractivity contribution in [3.63, 3.8) is 0 Å². The topological polar surface area (TPSA) is 52.2 Å². The first-order chi connectivity index (χ1) is 11.2. The van der Waals surface area contributed by atoms with Crippen LogP contribution in [0, 0.1) is 6.92 Å². The summed E-state index contributed by atoms with van der Waals surface area (Å²) in [4.78, 5) is 23.9. The summed E-state index contributed by atoms with van der Waals surface area (Å²) in [5, 5.41) is 0. The Morgan fingerprint density at radius 3 is 2.57 bits per heavy atom. The maximum Gasteiger partial charge on any atom is 0.252 e. The molecule has 1 aliphatic rings. The fourth-order valence-electron chi connectivity index (χ4n) is 3.03. The molecule has 2 heterocycles. The molecule has 23 heavy (non-hydrogen) atoms. The second kappa shape index (κ2) is 6.86. The van der Waals surface area contributed by atoms with Crippen LogP contribution in [0.1, 0.15) is 24.6 Å². The molecule has 0 radical (unpaired) electrons. The van der Waals surface area contributed by atoms with Gasteiger partial charge >= 0.3 is 0 Å². The molecule has 122 valence electrons. The number of rotatable bonds is 4. The van der Waals surface area contributed by atoms with E-state index >= 15 is 0 Å². The number of aryl methyl sites for hydroxylation is 2. The van der Waals surface area contributed by atoms with Crippen molar-refractivity contribution >= 4 is 11.6 Å². The molecule has 0 aliphatic carbocycles. The van der Waals surface area contributed by atoms with Gasteiger partial charge in [-0.15, -0.1) is 0 Å². The van der Waals surface area contributed by atoms with E-state index in [0.29, 0.717) is 5.95 Å². The van der Waals surface area contributed by atoms with Crippen molar-refractivity contribution in [3.05, 3.63) is 51.9 Å². The summed E-state index contributed by atoms with van der Waals surface area (Å²) in [6.07, 6.45) is 1.84. The molecular weight excluding hydrogens is 288 g/mol. The maximum absolute atomic E-state index is 11.8. The minimum absolute atomic E-state index is 0.0560. The number of nitrogens with one attached hydrogen (secondary N) is 1. The van der Waals surface area contributed by atoms with E-state index in [1.54, 1.807) is 6.07 Å². The van der Waals surface area contributed by atoms with Crippen LogP contribution in [0.4, 0.5) is 11.6 Å². The number of nitrogens with zero attached hydrogens (tertiary/aromatic N) is 3. The van der Waals surface area contributed by atoms with E-state index in [1.807, 2.05) is 0 Å². The minimum atomic E-state index is -0.0560. The summed E-state index contributed by atoms with van der Waals surface area (Å²) in [5.74, 6) is 0.713. The molecule has 1 aliphatic heterocycles. The van der Waals surface area contributed by atoms with Gasteiger partial charge in [-0.2, -0.15) is 0 Å². The van der Waals surface area contributed by atoms with Crippen molar-refractivity contribution < 1.29 is 0 Å². The highest BCUT2D eigenvalue weighted by Crippen LogP contribution is 2.19. The van der Waals surface area contributed by atoms with E-state index in [0.717, 1.165) is 44.7 Å². The van der Waals surface area contributed by atoms with Crippen molar-refractivity contribution in [1.29, 1.82) is 0 Å². The Hall–Kier alpha value is -2.30. The lowest BCUT2D eigenvalue weighted by Crippen LogP contribution is -2.47. The summed E-state index contributed by atoms with van der Waals surface area (Å²) >= 11 is 0. The van der Waals surface area contributed by atoms with Gasteiger partial charge in [-0.3, -0.25) is 9.78 Å². The van der Waals surface area contributed by atoms with E-state index in [-0.39, 0.29) is 5.56 Å². The monoisotopic (exact) mass is 312 g/mol. The Morgan fingerprint density at radius 1 is 1.13 bits per heavy atom. The molecule has 1 fully saturated rings. The van der Waals surface area contributed by atoms with Crippen LogP contribution in [0.5, 0.6) is 0 Å². The van der Waals surface area contributed by atoms with Gasteiger partial charge in [0.05, 0.1) is 0 Å². The number of hydrogen-bond donors (Lipinski definition) is 1. The van der Waals surface area contributed by atoms with E-state index in [1.165, 1.54) is 11.3 Å². The largest absolute Gasteiger partial charge is 0.368 e. The molecule has 1 N–H and O–H groups in total. The van der Waals surface area contributed by atoms with Crippen molar-refractivity contribution in [3.8, 4) is 0 Å². The minimum Gasteiger partial charge on any atom is -0.368 e. The van der Waals surface area contributed by atoms with Crippen LogP contribution in [0.25, 0.3) is 0 Å². The molecule has 0 spiro atoms. The lowest BCUT2D eigenvalue weighted by atomic mass is 10.2. The summed E-state index contributed by atoms with van der Waals surface area (Å²) in [6.45, 7) is 7.83. The van der Waals surface area contributed by atoms with Gasteiger partial charge in [0.2, 0.25) is 5.95 Å². The van der Waals surface area contributed by atoms with Gasteiger partial charge in [-0.1, -0.05) is 25.5 Å². The van der Waals surface area contributed by atoms with Crippen molar-refractivity contribution in [1.82, 2.24) is 9.97 Å². The van der Waals surface area contributed by atoms with E-state index in [4.69, 9.17) is 0 Å². The summed E-state index contributed by atoms with van der Waals surface area (Å²) in [5.41, 5.74) is 3.38. The molecule has 0 saturated carbocycles. The predicted molar refractivity (Wildman–Crippen MR) is 94.5 cm³/mol. The van der Waals surface area contributed by atoms with Crippen molar-refractivity contribution in [2.75, 3.05) is 36.0 Å². The summed E-state index contributed by atoms with van der Waals surface area (Å²) in [7, 11) is 0. The van der Waals surface area contributed by atoms with Crippen LogP contribution in [-0.4, -0.2) is 36.1 Å². The van der Waals surface area contributed by atoms with Gasteiger partial charge in [0.25, 0.3) is 5.56 Å².